The minimum atomic E-state index is 0.367. The molecule has 3 aromatic rings. The van der Waals surface area contributed by atoms with E-state index in [-0.39, 0.29) is 0 Å². The number of hydrogen-bond acceptors (Lipinski definition) is 3. The Morgan fingerprint density at radius 1 is 1.24 bits per heavy atom. The highest BCUT2D eigenvalue weighted by Crippen LogP contribution is 2.25. The third kappa shape index (κ3) is 2.28. The molecule has 2 heterocycles. The van der Waals surface area contributed by atoms with Crippen LogP contribution in [0.4, 0.5) is 5.95 Å². The molecule has 3 rings (SSSR count). The van der Waals surface area contributed by atoms with E-state index in [0.29, 0.717) is 11.9 Å². The lowest BCUT2D eigenvalue weighted by molar-refractivity contribution is 0.599. The maximum atomic E-state index is 6.13. The first-order chi connectivity index (χ1) is 10.1. The molecule has 0 aliphatic heterocycles. The normalized spacial score (nSPS) is 12.9. The van der Waals surface area contributed by atoms with E-state index in [1.54, 1.807) is 0 Å². The van der Waals surface area contributed by atoms with E-state index in [0.717, 1.165) is 29.8 Å². The monoisotopic (exact) mass is 283 g/mol. The van der Waals surface area contributed by atoms with Crippen molar-refractivity contribution in [1.29, 1.82) is 0 Å². The summed E-state index contributed by atoms with van der Waals surface area (Å²) in [5.41, 5.74) is 10.4. The number of benzene rings is 1. The van der Waals surface area contributed by atoms with Crippen LogP contribution in [-0.2, 0) is 20.0 Å². The predicted molar refractivity (Wildman–Crippen MR) is 85.1 cm³/mol. The fourth-order valence-electron chi connectivity index (χ4n) is 2.84. The molecule has 0 aliphatic carbocycles. The van der Waals surface area contributed by atoms with Gasteiger partial charge in [-0.3, -0.25) is 9.25 Å². The lowest BCUT2D eigenvalue weighted by Gasteiger charge is -2.14. The van der Waals surface area contributed by atoms with E-state index >= 15 is 0 Å². The number of fused-ring (bicyclic) bond motifs is 1. The van der Waals surface area contributed by atoms with E-state index in [1.807, 2.05) is 17.8 Å². The number of rotatable bonds is 4. The molecule has 5 heteroatoms. The van der Waals surface area contributed by atoms with E-state index in [2.05, 4.69) is 52.8 Å². The molecule has 0 bridgehead atoms. The average Bonchev–Trinajstić information content (AvgIpc) is 2.98. The molecule has 0 fully saturated rings. The second-order valence-electron chi connectivity index (χ2n) is 5.49. The largest absolute Gasteiger partial charge is 0.369 e. The summed E-state index contributed by atoms with van der Waals surface area (Å²) in [5.74, 6) is 0.932. The maximum Gasteiger partial charge on any atom is 0.202 e. The van der Waals surface area contributed by atoms with Gasteiger partial charge in [-0.25, -0.2) is 4.98 Å². The van der Waals surface area contributed by atoms with Gasteiger partial charge in [-0.05, 0) is 17.9 Å². The van der Waals surface area contributed by atoms with Gasteiger partial charge in [0.1, 0.15) is 5.52 Å². The number of nitrogens with two attached hydrogens (primary N) is 1. The second kappa shape index (κ2) is 5.24. The van der Waals surface area contributed by atoms with Gasteiger partial charge in [0.05, 0.1) is 5.69 Å². The Balaban J connectivity index is 2.01. The zero-order chi connectivity index (χ0) is 15.0. The summed E-state index contributed by atoms with van der Waals surface area (Å²) in [5, 5.41) is 4.53. The van der Waals surface area contributed by atoms with Crippen molar-refractivity contribution in [1.82, 2.24) is 19.3 Å². The number of hydrogen-bond donors (Lipinski definition) is 1. The highest BCUT2D eigenvalue weighted by Gasteiger charge is 2.18. The molecule has 0 aliphatic rings. The highest BCUT2D eigenvalue weighted by molar-refractivity contribution is 5.77. The first-order valence-electron chi connectivity index (χ1n) is 7.34. The van der Waals surface area contributed by atoms with Crippen LogP contribution in [0.5, 0.6) is 0 Å². The van der Waals surface area contributed by atoms with Gasteiger partial charge in [-0.1, -0.05) is 44.2 Å². The summed E-state index contributed by atoms with van der Waals surface area (Å²) in [6, 6.07) is 10.5. The number of imidazole rings is 1. The number of nitrogen functional groups attached to an aromatic ring is 1. The molecule has 0 saturated carbocycles. The van der Waals surface area contributed by atoms with Crippen molar-refractivity contribution in [2.75, 3.05) is 5.73 Å². The van der Waals surface area contributed by atoms with Gasteiger partial charge in [0.25, 0.3) is 0 Å². The van der Waals surface area contributed by atoms with Gasteiger partial charge in [0, 0.05) is 13.6 Å². The molecular weight excluding hydrogens is 262 g/mol. The second-order valence-corrected chi connectivity index (χ2v) is 5.49. The SMILES string of the molecule is CCc1nn(C)c2c1nc(N)n2CC(C)c1ccccc1. The summed E-state index contributed by atoms with van der Waals surface area (Å²) in [6.07, 6.45) is 0.863. The molecule has 0 saturated heterocycles. The van der Waals surface area contributed by atoms with Gasteiger partial charge in [0.15, 0.2) is 5.65 Å². The zero-order valence-corrected chi connectivity index (χ0v) is 12.7. The van der Waals surface area contributed by atoms with E-state index in [4.69, 9.17) is 5.73 Å². The zero-order valence-electron chi connectivity index (χ0n) is 12.7. The van der Waals surface area contributed by atoms with E-state index in [1.165, 1.54) is 5.56 Å². The number of nitrogens with zero attached hydrogens (tertiary/aromatic N) is 4. The summed E-state index contributed by atoms with van der Waals surface area (Å²) in [4.78, 5) is 4.51. The minimum absolute atomic E-state index is 0.367. The Hall–Kier alpha value is -2.30. The molecule has 110 valence electrons. The van der Waals surface area contributed by atoms with Crippen LogP contribution in [-0.4, -0.2) is 19.3 Å². The molecule has 5 nitrogen and oxygen atoms in total. The Morgan fingerprint density at radius 2 is 1.95 bits per heavy atom. The molecule has 0 amide bonds. The van der Waals surface area contributed by atoms with Crippen LogP contribution in [0.3, 0.4) is 0 Å². The van der Waals surface area contributed by atoms with E-state index < -0.39 is 0 Å². The first-order valence-corrected chi connectivity index (χ1v) is 7.34. The molecule has 0 radical (unpaired) electrons. The van der Waals surface area contributed by atoms with Crippen LogP contribution >= 0.6 is 0 Å². The summed E-state index contributed by atoms with van der Waals surface area (Å²) < 4.78 is 3.95. The summed E-state index contributed by atoms with van der Waals surface area (Å²) in [6.45, 7) is 5.09. The van der Waals surface area contributed by atoms with Crippen molar-refractivity contribution < 1.29 is 0 Å². The number of anilines is 1. The van der Waals surface area contributed by atoms with Crippen molar-refractivity contribution in [3.63, 3.8) is 0 Å². The van der Waals surface area contributed by atoms with Gasteiger partial charge in [-0.2, -0.15) is 5.10 Å². The fraction of sp³-hybridized carbons (Fsp3) is 0.375. The Morgan fingerprint density at radius 3 is 2.62 bits per heavy atom. The van der Waals surface area contributed by atoms with Crippen LogP contribution < -0.4 is 5.73 Å². The lowest BCUT2D eigenvalue weighted by atomic mass is 10.0. The topological polar surface area (TPSA) is 61.7 Å². The molecule has 1 unspecified atom stereocenters. The molecular formula is C16H21N5. The van der Waals surface area contributed by atoms with Crippen LogP contribution in [0, 0.1) is 0 Å². The van der Waals surface area contributed by atoms with Gasteiger partial charge >= 0.3 is 0 Å². The quantitative estimate of drug-likeness (QED) is 0.801. The third-order valence-electron chi connectivity index (χ3n) is 3.98. The molecule has 1 atom stereocenters. The summed E-state index contributed by atoms with van der Waals surface area (Å²) >= 11 is 0. The highest BCUT2D eigenvalue weighted by atomic mass is 15.3. The predicted octanol–water partition coefficient (Wildman–Crippen LogP) is 2.72. The maximum absolute atomic E-state index is 6.13. The fourth-order valence-corrected chi connectivity index (χ4v) is 2.84. The van der Waals surface area contributed by atoms with Gasteiger partial charge in [-0.15, -0.1) is 0 Å². The molecule has 0 spiro atoms. The Labute approximate surface area is 124 Å². The molecule has 21 heavy (non-hydrogen) atoms. The van der Waals surface area contributed by atoms with E-state index in [9.17, 15) is 0 Å². The average molecular weight is 283 g/mol. The summed E-state index contributed by atoms with van der Waals surface area (Å²) in [7, 11) is 1.95. The minimum Gasteiger partial charge on any atom is -0.369 e. The molecule has 2 N–H and O–H groups in total. The van der Waals surface area contributed by atoms with Crippen LogP contribution in [0.15, 0.2) is 30.3 Å². The van der Waals surface area contributed by atoms with Crippen LogP contribution in [0.25, 0.3) is 11.2 Å². The molecule has 2 aromatic heterocycles. The lowest BCUT2D eigenvalue weighted by Crippen LogP contribution is -2.11. The standard InChI is InChI=1S/C16H21N5/c1-4-13-14-15(20(3)19-13)21(16(17)18-14)10-11(2)12-8-6-5-7-9-12/h5-9,11H,4,10H2,1-3H3,(H2,17,18). The van der Waals surface area contributed by atoms with Gasteiger partial charge < -0.3 is 5.73 Å². The van der Waals surface area contributed by atoms with Crippen molar-refractivity contribution in [3.8, 4) is 0 Å². The van der Waals surface area contributed by atoms with Crippen molar-refractivity contribution in [2.24, 2.45) is 7.05 Å². The first kappa shape index (κ1) is 13.7. The van der Waals surface area contributed by atoms with Crippen molar-refractivity contribution in [3.05, 3.63) is 41.6 Å². The van der Waals surface area contributed by atoms with Crippen LogP contribution in [0.1, 0.15) is 31.0 Å². The molecule has 1 aromatic carbocycles. The Bertz CT molecular complexity index is 754. The third-order valence-corrected chi connectivity index (χ3v) is 3.98. The van der Waals surface area contributed by atoms with Crippen LogP contribution in [0.2, 0.25) is 0 Å². The van der Waals surface area contributed by atoms with Crippen molar-refractivity contribution in [2.45, 2.75) is 32.7 Å². The van der Waals surface area contributed by atoms with Crippen molar-refractivity contribution >= 4 is 17.1 Å². The smallest absolute Gasteiger partial charge is 0.202 e. The number of aryl methyl sites for hydroxylation is 2. The Kier molecular flexibility index (Phi) is 3.41. The number of aromatic nitrogens is 4. The van der Waals surface area contributed by atoms with Gasteiger partial charge in [0.2, 0.25) is 5.95 Å².